The Bertz CT molecular complexity index is 274. The van der Waals surface area contributed by atoms with Gasteiger partial charge < -0.3 is 4.74 Å². The van der Waals surface area contributed by atoms with Gasteiger partial charge in [0.2, 0.25) is 0 Å². The van der Waals surface area contributed by atoms with Gasteiger partial charge in [0.25, 0.3) is 0 Å². The van der Waals surface area contributed by atoms with Crippen LogP contribution in [0.1, 0.15) is 25.3 Å². The summed E-state index contributed by atoms with van der Waals surface area (Å²) in [6.45, 7) is 7.86. The Kier molecular flexibility index (Phi) is 4.24. The van der Waals surface area contributed by atoms with E-state index in [1.54, 1.807) is 0 Å². The Balaban J connectivity index is 2.43. The molecule has 1 heteroatoms. The smallest absolute Gasteiger partial charge is 0.119 e. The van der Waals surface area contributed by atoms with Gasteiger partial charge in [0.15, 0.2) is 0 Å². The zero-order valence-corrected chi connectivity index (χ0v) is 8.99. The molecule has 0 aliphatic carbocycles. The van der Waals surface area contributed by atoms with E-state index in [4.69, 9.17) is 4.74 Å². The number of hydrogen-bond acceptors (Lipinski definition) is 1. The van der Waals surface area contributed by atoms with Gasteiger partial charge in [0.1, 0.15) is 5.75 Å². The molecule has 0 N–H and O–H groups in total. The van der Waals surface area contributed by atoms with E-state index >= 15 is 0 Å². The molecule has 1 aromatic carbocycles. The van der Waals surface area contributed by atoms with Crippen LogP contribution in [0.3, 0.4) is 0 Å². The molecule has 0 spiro atoms. The molecule has 0 heterocycles. The molecule has 0 amide bonds. The van der Waals surface area contributed by atoms with Crippen molar-refractivity contribution in [2.45, 2.75) is 32.8 Å². The van der Waals surface area contributed by atoms with Gasteiger partial charge in [-0.15, -0.1) is 6.58 Å². The summed E-state index contributed by atoms with van der Waals surface area (Å²) in [5, 5.41) is 0. The van der Waals surface area contributed by atoms with E-state index in [-0.39, 0.29) is 6.10 Å². The summed E-state index contributed by atoms with van der Waals surface area (Å²) < 4.78 is 5.72. The van der Waals surface area contributed by atoms with Crippen molar-refractivity contribution in [2.24, 2.45) is 0 Å². The third-order valence-electron chi connectivity index (χ3n) is 2.14. The van der Waals surface area contributed by atoms with Gasteiger partial charge in [0.05, 0.1) is 6.10 Å². The molecule has 0 saturated carbocycles. The minimum atomic E-state index is 0.260. The van der Waals surface area contributed by atoms with Crippen LogP contribution >= 0.6 is 0 Å². The molecule has 0 saturated heterocycles. The topological polar surface area (TPSA) is 9.23 Å². The van der Waals surface area contributed by atoms with Gasteiger partial charge in [-0.1, -0.05) is 23.8 Å². The monoisotopic (exact) mass is 190 g/mol. The van der Waals surface area contributed by atoms with Gasteiger partial charge in [-0.05, 0) is 38.8 Å². The highest BCUT2D eigenvalue weighted by atomic mass is 16.5. The third kappa shape index (κ3) is 3.65. The van der Waals surface area contributed by atoms with E-state index in [2.05, 4.69) is 32.6 Å². The molecule has 1 unspecified atom stereocenters. The average molecular weight is 190 g/mol. The van der Waals surface area contributed by atoms with Crippen LogP contribution in [0.15, 0.2) is 36.9 Å². The molecule has 1 rings (SSSR count). The lowest BCUT2D eigenvalue weighted by Gasteiger charge is -2.13. The average Bonchev–Trinajstić information content (AvgIpc) is 2.18. The molecular weight excluding hydrogens is 172 g/mol. The zero-order chi connectivity index (χ0) is 10.4. The summed E-state index contributed by atoms with van der Waals surface area (Å²) in [4.78, 5) is 0. The number of ether oxygens (including phenoxy) is 1. The Hall–Kier alpha value is -1.24. The van der Waals surface area contributed by atoms with E-state index in [0.717, 1.165) is 18.6 Å². The van der Waals surface area contributed by atoms with Crippen molar-refractivity contribution in [3.8, 4) is 5.75 Å². The van der Waals surface area contributed by atoms with E-state index < -0.39 is 0 Å². The Morgan fingerprint density at radius 1 is 1.36 bits per heavy atom. The minimum Gasteiger partial charge on any atom is -0.491 e. The van der Waals surface area contributed by atoms with Crippen LogP contribution in [-0.4, -0.2) is 6.10 Å². The van der Waals surface area contributed by atoms with Crippen LogP contribution in [0.25, 0.3) is 0 Å². The molecule has 0 aromatic heterocycles. The number of allylic oxidation sites excluding steroid dienone is 1. The maximum atomic E-state index is 5.72. The molecule has 0 fully saturated rings. The maximum absolute atomic E-state index is 5.72. The van der Waals surface area contributed by atoms with Crippen molar-refractivity contribution in [2.75, 3.05) is 0 Å². The lowest BCUT2D eigenvalue weighted by atomic mass is 10.2. The molecule has 0 bridgehead atoms. The molecule has 0 aliphatic heterocycles. The van der Waals surface area contributed by atoms with Crippen molar-refractivity contribution in [3.05, 3.63) is 42.5 Å². The third-order valence-corrected chi connectivity index (χ3v) is 2.14. The molecular formula is C13H18O. The Morgan fingerprint density at radius 2 is 2.00 bits per heavy atom. The zero-order valence-electron chi connectivity index (χ0n) is 8.99. The predicted octanol–water partition coefficient (Wildman–Crippen LogP) is 3.73. The fraction of sp³-hybridized carbons (Fsp3) is 0.385. The summed E-state index contributed by atoms with van der Waals surface area (Å²) in [5.41, 5.74) is 1.26. The van der Waals surface area contributed by atoms with Crippen molar-refractivity contribution in [3.63, 3.8) is 0 Å². The maximum Gasteiger partial charge on any atom is 0.119 e. The first-order valence-electron chi connectivity index (χ1n) is 5.06. The van der Waals surface area contributed by atoms with E-state index in [1.807, 2.05) is 18.2 Å². The SMILES string of the molecule is C=CCCC(C)Oc1ccc(C)cc1. The van der Waals surface area contributed by atoms with E-state index in [9.17, 15) is 0 Å². The molecule has 76 valence electrons. The first-order chi connectivity index (χ1) is 6.72. The van der Waals surface area contributed by atoms with Crippen LogP contribution < -0.4 is 4.74 Å². The lowest BCUT2D eigenvalue weighted by molar-refractivity contribution is 0.212. The summed E-state index contributed by atoms with van der Waals surface area (Å²) in [6.07, 6.45) is 4.22. The molecule has 0 aliphatic rings. The molecule has 1 atom stereocenters. The fourth-order valence-corrected chi connectivity index (χ4v) is 1.26. The second kappa shape index (κ2) is 5.48. The Labute approximate surface area is 86.4 Å². The standard InChI is InChI=1S/C13H18O/c1-4-5-6-12(3)14-13-9-7-11(2)8-10-13/h4,7-10,12H,1,5-6H2,2-3H3. The van der Waals surface area contributed by atoms with Crippen molar-refractivity contribution < 1.29 is 4.74 Å². The van der Waals surface area contributed by atoms with Crippen molar-refractivity contribution in [1.29, 1.82) is 0 Å². The molecule has 14 heavy (non-hydrogen) atoms. The van der Waals surface area contributed by atoms with Gasteiger partial charge >= 0.3 is 0 Å². The van der Waals surface area contributed by atoms with Crippen molar-refractivity contribution >= 4 is 0 Å². The van der Waals surface area contributed by atoms with Crippen LogP contribution in [0.5, 0.6) is 5.75 Å². The fourth-order valence-electron chi connectivity index (χ4n) is 1.26. The number of hydrogen-bond donors (Lipinski definition) is 0. The van der Waals surface area contributed by atoms with Crippen LogP contribution in [0, 0.1) is 6.92 Å². The number of aryl methyl sites for hydroxylation is 1. The number of benzene rings is 1. The molecule has 0 radical (unpaired) electrons. The molecule has 1 nitrogen and oxygen atoms in total. The molecule has 1 aromatic rings. The second-order valence-corrected chi connectivity index (χ2v) is 3.61. The van der Waals surface area contributed by atoms with Gasteiger partial charge in [-0.25, -0.2) is 0 Å². The van der Waals surface area contributed by atoms with Crippen molar-refractivity contribution in [1.82, 2.24) is 0 Å². The largest absolute Gasteiger partial charge is 0.491 e. The van der Waals surface area contributed by atoms with E-state index in [0.29, 0.717) is 0 Å². The summed E-state index contributed by atoms with van der Waals surface area (Å²) in [5.74, 6) is 0.951. The van der Waals surface area contributed by atoms with Gasteiger partial charge in [-0.2, -0.15) is 0 Å². The quantitative estimate of drug-likeness (QED) is 0.643. The van der Waals surface area contributed by atoms with Crippen LogP contribution in [-0.2, 0) is 0 Å². The lowest BCUT2D eigenvalue weighted by Crippen LogP contribution is -2.10. The highest BCUT2D eigenvalue weighted by molar-refractivity contribution is 5.26. The van der Waals surface area contributed by atoms with E-state index in [1.165, 1.54) is 5.56 Å². The summed E-state index contributed by atoms with van der Waals surface area (Å²) in [7, 11) is 0. The summed E-state index contributed by atoms with van der Waals surface area (Å²) >= 11 is 0. The first kappa shape index (κ1) is 10.8. The first-order valence-corrected chi connectivity index (χ1v) is 5.06. The minimum absolute atomic E-state index is 0.260. The number of rotatable bonds is 5. The van der Waals surface area contributed by atoms with Crippen LogP contribution in [0.2, 0.25) is 0 Å². The Morgan fingerprint density at radius 3 is 2.57 bits per heavy atom. The highest BCUT2D eigenvalue weighted by Crippen LogP contribution is 2.14. The second-order valence-electron chi connectivity index (χ2n) is 3.61. The highest BCUT2D eigenvalue weighted by Gasteiger charge is 2.01. The van der Waals surface area contributed by atoms with Gasteiger partial charge in [-0.3, -0.25) is 0 Å². The normalized spacial score (nSPS) is 12.1. The predicted molar refractivity (Wildman–Crippen MR) is 60.7 cm³/mol. The summed E-state index contributed by atoms with van der Waals surface area (Å²) in [6, 6.07) is 8.16. The van der Waals surface area contributed by atoms with Gasteiger partial charge in [0, 0.05) is 0 Å². The van der Waals surface area contributed by atoms with Crippen LogP contribution in [0.4, 0.5) is 0 Å².